The molecule has 0 saturated carbocycles. The lowest BCUT2D eigenvalue weighted by molar-refractivity contribution is 0.0195. The molecule has 0 aliphatic carbocycles. The van der Waals surface area contributed by atoms with Gasteiger partial charge < -0.3 is 24.4 Å². The molecule has 1 saturated heterocycles. The van der Waals surface area contributed by atoms with Crippen molar-refractivity contribution in [3.63, 3.8) is 0 Å². The molecule has 2 aliphatic rings. The van der Waals surface area contributed by atoms with Crippen LogP contribution in [0.25, 0.3) is 0 Å². The second-order valence-electron chi connectivity index (χ2n) is 6.97. The van der Waals surface area contributed by atoms with Crippen LogP contribution in [0.3, 0.4) is 0 Å². The lowest BCUT2D eigenvalue weighted by Gasteiger charge is -2.35. The molecule has 2 aliphatic heterocycles. The number of fused-ring (bicyclic) bond motifs is 1. The highest BCUT2D eigenvalue weighted by atomic mass is 16.7. The Bertz CT molecular complexity index is 582. The zero-order chi connectivity index (χ0) is 16.4. The summed E-state index contributed by atoms with van der Waals surface area (Å²) in [6.07, 6.45) is 0.588. The van der Waals surface area contributed by atoms with E-state index in [2.05, 4.69) is 5.32 Å². The maximum Gasteiger partial charge on any atom is 0.410 e. The number of carbonyl (C=O) groups excluding carboxylic acids is 1. The summed E-state index contributed by atoms with van der Waals surface area (Å²) < 4.78 is 16.2. The summed E-state index contributed by atoms with van der Waals surface area (Å²) in [5, 5.41) is 3.46. The van der Waals surface area contributed by atoms with Crippen molar-refractivity contribution in [3.8, 4) is 11.5 Å². The number of hydrogen-bond donors (Lipinski definition) is 1. The van der Waals surface area contributed by atoms with E-state index in [9.17, 15) is 4.79 Å². The van der Waals surface area contributed by atoms with Crippen LogP contribution in [-0.4, -0.2) is 49.1 Å². The van der Waals surface area contributed by atoms with Gasteiger partial charge in [-0.05, 0) is 44.9 Å². The number of amides is 1. The van der Waals surface area contributed by atoms with Crippen LogP contribution in [0.4, 0.5) is 4.79 Å². The predicted octanol–water partition coefficient (Wildman–Crippen LogP) is 2.17. The molecule has 23 heavy (non-hydrogen) atoms. The zero-order valence-electron chi connectivity index (χ0n) is 13.9. The fourth-order valence-corrected chi connectivity index (χ4v) is 2.81. The van der Waals surface area contributed by atoms with E-state index in [1.165, 1.54) is 0 Å². The lowest BCUT2D eigenvalue weighted by atomic mass is 10.0. The highest BCUT2D eigenvalue weighted by Gasteiger charge is 2.27. The van der Waals surface area contributed by atoms with E-state index in [1.54, 1.807) is 4.90 Å². The fraction of sp³-hybridized carbons (Fsp3) is 0.588. The van der Waals surface area contributed by atoms with Crippen LogP contribution in [-0.2, 0) is 11.2 Å². The normalized spacial score (nSPS) is 20.5. The first kappa shape index (κ1) is 15.9. The van der Waals surface area contributed by atoms with E-state index in [0.29, 0.717) is 13.1 Å². The summed E-state index contributed by atoms with van der Waals surface area (Å²) in [7, 11) is 0. The SMILES string of the molecule is CC(C)(C)OC(=O)N1CCN[C@H](Cc2ccc3c(c2)OCO3)C1. The topological polar surface area (TPSA) is 60.0 Å². The number of rotatable bonds is 2. The molecule has 1 amide bonds. The van der Waals surface area contributed by atoms with Crippen molar-refractivity contribution in [1.82, 2.24) is 10.2 Å². The summed E-state index contributed by atoms with van der Waals surface area (Å²) in [6.45, 7) is 8.03. The van der Waals surface area contributed by atoms with Gasteiger partial charge in [0.05, 0.1) is 0 Å². The second-order valence-corrected chi connectivity index (χ2v) is 6.97. The van der Waals surface area contributed by atoms with E-state index in [1.807, 2.05) is 39.0 Å². The number of hydrogen-bond acceptors (Lipinski definition) is 5. The summed E-state index contributed by atoms with van der Waals surface area (Å²) in [5.74, 6) is 1.59. The van der Waals surface area contributed by atoms with Crippen LogP contribution in [0, 0.1) is 0 Å². The number of benzene rings is 1. The molecule has 0 spiro atoms. The third-order valence-corrected chi connectivity index (χ3v) is 3.83. The Kier molecular flexibility index (Phi) is 4.35. The number of carbonyl (C=O) groups is 1. The average Bonchev–Trinajstić information content (AvgIpc) is 2.93. The van der Waals surface area contributed by atoms with Gasteiger partial charge in [0.25, 0.3) is 0 Å². The number of nitrogens with zero attached hydrogens (tertiary/aromatic N) is 1. The zero-order valence-corrected chi connectivity index (χ0v) is 13.9. The molecule has 0 aromatic heterocycles. The monoisotopic (exact) mass is 320 g/mol. The third kappa shape index (κ3) is 4.07. The first-order valence-electron chi connectivity index (χ1n) is 8.00. The van der Waals surface area contributed by atoms with Crippen molar-refractivity contribution in [2.24, 2.45) is 0 Å². The van der Waals surface area contributed by atoms with Crippen LogP contribution >= 0.6 is 0 Å². The Morgan fingerprint density at radius 1 is 1.35 bits per heavy atom. The molecule has 6 nitrogen and oxygen atoms in total. The van der Waals surface area contributed by atoms with E-state index in [-0.39, 0.29) is 18.9 Å². The minimum atomic E-state index is -0.464. The molecule has 0 unspecified atom stereocenters. The van der Waals surface area contributed by atoms with Crippen molar-refractivity contribution in [3.05, 3.63) is 23.8 Å². The van der Waals surface area contributed by atoms with Gasteiger partial charge in [-0.1, -0.05) is 6.07 Å². The average molecular weight is 320 g/mol. The van der Waals surface area contributed by atoms with Crippen molar-refractivity contribution in [2.75, 3.05) is 26.4 Å². The molecule has 1 aromatic carbocycles. The minimum absolute atomic E-state index is 0.205. The maximum absolute atomic E-state index is 12.2. The minimum Gasteiger partial charge on any atom is -0.454 e. The molecule has 1 aromatic rings. The number of piperazine rings is 1. The van der Waals surface area contributed by atoms with Gasteiger partial charge >= 0.3 is 6.09 Å². The van der Waals surface area contributed by atoms with Crippen LogP contribution in [0.5, 0.6) is 11.5 Å². The summed E-state index contributed by atoms with van der Waals surface area (Å²) in [6, 6.07) is 6.20. The van der Waals surface area contributed by atoms with Crippen molar-refractivity contribution in [1.29, 1.82) is 0 Å². The molecule has 1 atom stereocenters. The molecule has 0 bridgehead atoms. The van der Waals surface area contributed by atoms with Gasteiger partial charge in [-0.25, -0.2) is 4.79 Å². The van der Waals surface area contributed by atoms with Gasteiger partial charge in [0.2, 0.25) is 6.79 Å². The van der Waals surface area contributed by atoms with Gasteiger partial charge in [-0.2, -0.15) is 0 Å². The molecule has 6 heteroatoms. The van der Waals surface area contributed by atoms with Crippen LogP contribution in [0.2, 0.25) is 0 Å². The largest absolute Gasteiger partial charge is 0.454 e. The quantitative estimate of drug-likeness (QED) is 0.905. The molecule has 1 N–H and O–H groups in total. The molecule has 2 heterocycles. The molecule has 0 radical (unpaired) electrons. The van der Waals surface area contributed by atoms with Gasteiger partial charge in [-0.15, -0.1) is 0 Å². The van der Waals surface area contributed by atoms with Crippen molar-refractivity contribution < 1.29 is 19.0 Å². The molecular formula is C17H24N2O4. The number of ether oxygens (including phenoxy) is 3. The van der Waals surface area contributed by atoms with Gasteiger partial charge in [0.1, 0.15) is 5.60 Å². The van der Waals surface area contributed by atoms with Crippen LogP contribution in [0.1, 0.15) is 26.3 Å². The van der Waals surface area contributed by atoms with E-state index in [0.717, 1.165) is 30.0 Å². The summed E-state index contributed by atoms with van der Waals surface area (Å²) in [5.41, 5.74) is 0.701. The molecule has 3 rings (SSSR count). The first-order valence-corrected chi connectivity index (χ1v) is 8.00. The van der Waals surface area contributed by atoms with E-state index < -0.39 is 5.60 Å². The standard InChI is InChI=1S/C17H24N2O4/c1-17(2,3)23-16(20)19-7-6-18-13(10-19)8-12-4-5-14-15(9-12)22-11-21-14/h4-5,9,13,18H,6-8,10-11H2,1-3H3/t13-/m1/s1. The highest BCUT2D eigenvalue weighted by molar-refractivity contribution is 5.68. The molecule has 1 fully saturated rings. The van der Waals surface area contributed by atoms with Crippen LogP contribution < -0.4 is 14.8 Å². The fourth-order valence-electron chi connectivity index (χ4n) is 2.81. The Morgan fingerprint density at radius 2 is 2.13 bits per heavy atom. The van der Waals surface area contributed by atoms with E-state index in [4.69, 9.17) is 14.2 Å². The second kappa shape index (κ2) is 6.28. The van der Waals surface area contributed by atoms with Gasteiger partial charge in [-0.3, -0.25) is 0 Å². The van der Waals surface area contributed by atoms with Gasteiger partial charge in [0.15, 0.2) is 11.5 Å². The van der Waals surface area contributed by atoms with Crippen molar-refractivity contribution >= 4 is 6.09 Å². The molecule has 126 valence electrons. The predicted molar refractivity (Wildman–Crippen MR) is 85.9 cm³/mol. The van der Waals surface area contributed by atoms with Crippen molar-refractivity contribution in [2.45, 2.75) is 38.8 Å². The highest BCUT2D eigenvalue weighted by Crippen LogP contribution is 2.32. The first-order chi connectivity index (χ1) is 10.9. The third-order valence-electron chi connectivity index (χ3n) is 3.83. The molecular weight excluding hydrogens is 296 g/mol. The Labute approximate surface area is 136 Å². The number of nitrogens with one attached hydrogen (secondary N) is 1. The smallest absolute Gasteiger partial charge is 0.410 e. The van der Waals surface area contributed by atoms with Gasteiger partial charge in [0, 0.05) is 25.7 Å². The van der Waals surface area contributed by atoms with Crippen LogP contribution in [0.15, 0.2) is 18.2 Å². The summed E-state index contributed by atoms with van der Waals surface area (Å²) in [4.78, 5) is 14.0. The Balaban J connectivity index is 1.59. The Hall–Kier alpha value is -1.95. The Morgan fingerprint density at radius 3 is 2.91 bits per heavy atom. The van der Waals surface area contributed by atoms with E-state index >= 15 is 0 Å². The summed E-state index contributed by atoms with van der Waals surface area (Å²) >= 11 is 0. The lowest BCUT2D eigenvalue weighted by Crippen LogP contribution is -2.54. The maximum atomic E-state index is 12.2.